The van der Waals surface area contributed by atoms with Gasteiger partial charge in [0, 0.05) is 17.0 Å². The Labute approximate surface area is 275 Å². The van der Waals surface area contributed by atoms with E-state index in [1.54, 1.807) is 0 Å². The average Bonchev–Trinajstić information content (AvgIpc) is 3.48. The zero-order valence-corrected chi connectivity index (χ0v) is 25.9. The van der Waals surface area contributed by atoms with Crippen molar-refractivity contribution in [1.82, 2.24) is 9.55 Å². The van der Waals surface area contributed by atoms with Gasteiger partial charge in [-0.15, -0.1) is 0 Å². The Balaban J connectivity index is 1.39. The van der Waals surface area contributed by atoms with Crippen molar-refractivity contribution in [3.05, 3.63) is 216 Å². The van der Waals surface area contributed by atoms with Crippen molar-refractivity contribution < 1.29 is 0 Å². The summed E-state index contributed by atoms with van der Waals surface area (Å²) in [5, 5.41) is 2.37. The molecule has 2 nitrogen and oxygen atoms in total. The standard InChI is InChI=1S/C45H32N2/c1-5-15-33(16-6-1)29-39(35-19-9-3-10-20-35)37-24-26-43-41(31-37)42-32-38(25-27-44(42)47(43)45-23-13-14-28-46-45)40(36-21-11-4-12-22-36)30-34-17-7-2-8-18-34/h1-32H/b39-29-,40-30-. The van der Waals surface area contributed by atoms with E-state index in [0.717, 1.165) is 16.9 Å². The summed E-state index contributed by atoms with van der Waals surface area (Å²) in [6, 6.07) is 62.2. The summed E-state index contributed by atoms with van der Waals surface area (Å²) in [7, 11) is 0. The minimum absolute atomic E-state index is 0.902. The molecule has 0 aliphatic heterocycles. The third-order valence-corrected chi connectivity index (χ3v) is 8.66. The molecule has 2 heterocycles. The van der Waals surface area contributed by atoms with Crippen molar-refractivity contribution in [2.24, 2.45) is 0 Å². The van der Waals surface area contributed by atoms with Crippen molar-refractivity contribution in [2.75, 3.05) is 0 Å². The molecule has 8 aromatic rings. The largest absolute Gasteiger partial charge is 0.294 e. The van der Waals surface area contributed by atoms with Gasteiger partial charge in [-0.2, -0.15) is 0 Å². The fourth-order valence-corrected chi connectivity index (χ4v) is 6.43. The van der Waals surface area contributed by atoms with E-state index in [4.69, 9.17) is 4.98 Å². The van der Waals surface area contributed by atoms with Crippen molar-refractivity contribution in [2.45, 2.75) is 0 Å². The van der Waals surface area contributed by atoms with Crippen molar-refractivity contribution in [1.29, 1.82) is 0 Å². The number of aromatic nitrogens is 2. The number of benzene rings is 6. The highest BCUT2D eigenvalue weighted by molar-refractivity contribution is 6.12. The number of nitrogens with zero attached hydrogens (tertiary/aromatic N) is 2. The van der Waals surface area contributed by atoms with E-state index >= 15 is 0 Å². The molecule has 0 N–H and O–H groups in total. The van der Waals surface area contributed by atoms with Crippen LogP contribution in [0.15, 0.2) is 182 Å². The van der Waals surface area contributed by atoms with Gasteiger partial charge in [-0.1, -0.05) is 140 Å². The molecule has 0 unspecified atom stereocenters. The van der Waals surface area contributed by atoms with Gasteiger partial charge in [0.15, 0.2) is 0 Å². The second-order valence-corrected chi connectivity index (χ2v) is 11.7. The van der Waals surface area contributed by atoms with Gasteiger partial charge in [0.2, 0.25) is 0 Å². The molecule has 0 bridgehead atoms. The van der Waals surface area contributed by atoms with Crippen LogP contribution in [0.4, 0.5) is 0 Å². The summed E-state index contributed by atoms with van der Waals surface area (Å²) in [4.78, 5) is 4.78. The molecule has 0 atom stereocenters. The summed E-state index contributed by atoms with van der Waals surface area (Å²) in [5.74, 6) is 0.902. The SMILES string of the molecule is C(=C(\c1ccccc1)c1ccc2c(c1)c1cc(/C(=C\c3ccccc3)c3ccccc3)ccc1n2-c1ccccn1)/c1ccccc1. The van der Waals surface area contributed by atoms with Crippen LogP contribution in [0.5, 0.6) is 0 Å². The molecule has 0 radical (unpaired) electrons. The number of pyridine rings is 1. The van der Waals surface area contributed by atoms with Crippen LogP contribution in [-0.4, -0.2) is 9.55 Å². The minimum atomic E-state index is 0.902. The maximum absolute atomic E-state index is 4.78. The molecule has 0 spiro atoms. The first-order chi connectivity index (χ1) is 23.3. The maximum atomic E-state index is 4.78. The van der Waals surface area contributed by atoms with E-state index < -0.39 is 0 Å². The smallest absolute Gasteiger partial charge is 0.137 e. The Bertz CT molecular complexity index is 2200. The topological polar surface area (TPSA) is 17.8 Å². The number of fused-ring (bicyclic) bond motifs is 3. The third-order valence-electron chi connectivity index (χ3n) is 8.66. The lowest BCUT2D eigenvalue weighted by molar-refractivity contribution is 1.08. The zero-order chi connectivity index (χ0) is 31.4. The first-order valence-electron chi connectivity index (χ1n) is 16.0. The summed E-state index contributed by atoms with van der Waals surface area (Å²) in [6.45, 7) is 0. The highest BCUT2D eigenvalue weighted by atomic mass is 15.1. The monoisotopic (exact) mass is 600 g/mol. The fraction of sp³-hybridized carbons (Fsp3) is 0. The van der Waals surface area contributed by atoms with Crippen LogP contribution in [0.3, 0.4) is 0 Å². The van der Waals surface area contributed by atoms with Crippen LogP contribution in [0, 0.1) is 0 Å². The summed E-state index contributed by atoms with van der Waals surface area (Å²) < 4.78 is 2.28. The summed E-state index contributed by atoms with van der Waals surface area (Å²) >= 11 is 0. The number of hydrogen-bond acceptors (Lipinski definition) is 1. The number of rotatable bonds is 7. The van der Waals surface area contributed by atoms with Crippen LogP contribution >= 0.6 is 0 Å². The zero-order valence-electron chi connectivity index (χ0n) is 25.9. The quantitative estimate of drug-likeness (QED) is 0.166. The molecule has 0 aliphatic rings. The second-order valence-electron chi connectivity index (χ2n) is 11.7. The Kier molecular flexibility index (Phi) is 7.59. The van der Waals surface area contributed by atoms with Crippen molar-refractivity contribution >= 4 is 45.1 Å². The van der Waals surface area contributed by atoms with Crippen LogP contribution in [-0.2, 0) is 0 Å². The molecule has 6 aromatic carbocycles. The van der Waals surface area contributed by atoms with Gasteiger partial charge in [-0.3, -0.25) is 4.57 Å². The summed E-state index contributed by atoms with van der Waals surface area (Å²) in [6.07, 6.45) is 6.44. The van der Waals surface area contributed by atoms with Crippen LogP contribution < -0.4 is 0 Å². The molecule has 0 fully saturated rings. The highest BCUT2D eigenvalue weighted by Crippen LogP contribution is 2.38. The Morgan fingerprint density at radius 1 is 0.404 bits per heavy atom. The first-order valence-corrected chi connectivity index (χ1v) is 16.0. The van der Waals surface area contributed by atoms with E-state index in [9.17, 15) is 0 Å². The molecule has 8 rings (SSSR count). The maximum Gasteiger partial charge on any atom is 0.137 e. The first kappa shape index (κ1) is 28.2. The molecule has 0 amide bonds. The van der Waals surface area contributed by atoms with E-state index in [1.165, 1.54) is 55.3 Å². The van der Waals surface area contributed by atoms with Gasteiger partial charge in [-0.25, -0.2) is 4.98 Å². The fourth-order valence-electron chi connectivity index (χ4n) is 6.43. The van der Waals surface area contributed by atoms with E-state index in [1.807, 2.05) is 12.3 Å². The second kappa shape index (κ2) is 12.6. The Hall–Kier alpha value is -6.25. The van der Waals surface area contributed by atoms with Gasteiger partial charge in [0.1, 0.15) is 5.82 Å². The van der Waals surface area contributed by atoms with Gasteiger partial charge in [-0.05, 0) is 93.1 Å². The molecular formula is C45H32N2. The van der Waals surface area contributed by atoms with Gasteiger partial charge in [0.25, 0.3) is 0 Å². The molecule has 0 saturated heterocycles. The molecule has 2 aromatic heterocycles. The lowest BCUT2D eigenvalue weighted by atomic mass is 9.93. The Morgan fingerprint density at radius 3 is 1.26 bits per heavy atom. The van der Waals surface area contributed by atoms with Crippen LogP contribution in [0.1, 0.15) is 33.4 Å². The van der Waals surface area contributed by atoms with E-state index in [2.05, 4.69) is 187 Å². The Morgan fingerprint density at radius 2 is 0.830 bits per heavy atom. The normalized spacial score (nSPS) is 12.1. The molecular weight excluding hydrogens is 569 g/mol. The average molecular weight is 601 g/mol. The molecule has 0 saturated carbocycles. The lowest BCUT2D eigenvalue weighted by Gasteiger charge is -2.11. The minimum Gasteiger partial charge on any atom is -0.294 e. The van der Waals surface area contributed by atoms with E-state index in [-0.39, 0.29) is 0 Å². The number of hydrogen-bond donors (Lipinski definition) is 0. The third kappa shape index (κ3) is 5.69. The summed E-state index contributed by atoms with van der Waals surface area (Å²) in [5.41, 5.74) is 11.7. The van der Waals surface area contributed by atoms with Gasteiger partial charge in [0.05, 0.1) is 11.0 Å². The molecule has 0 aliphatic carbocycles. The van der Waals surface area contributed by atoms with Crippen LogP contribution in [0.2, 0.25) is 0 Å². The predicted molar refractivity (Wildman–Crippen MR) is 198 cm³/mol. The van der Waals surface area contributed by atoms with Crippen molar-refractivity contribution in [3.8, 4) is 5.82 Å². The van der Waals surface area contributed by atoms with Gasteiger partial charge < -0.3 is 0 Å². The highest BCUT2D eigenvalue weighted by Gasteiger charge is 2.17. The molecule has 47 heavy (non-hydrogen) atoms. The molecule has 222 valence electrons. The predicted octanol–water partition coefficient (Wildman–Crippen LogP) is 11.4. The molecule has 2 heteroatoms. The van der Waals surface area contributed by atoms with E-state index in [0.29, 0.717) is 0 Å². The van der Waals surface area contributed by atoms with Crippen molar-refractivity contribution in [3.63, 3.8) is 0 Å². The van der Waals surface area contributed by atoms with Gasteiger partial charge >= 0.3 is 0 Å². The van der Waals surface area contributed by atoms with Crippen LogP contribution in [0.25, 0.3) is 50.9 Å². The lowest BCUT2D eigenvalue weighted by Crippen LogP contribution is -1.96.